The van der Waals surface area contributed by atoms with Crippen LogP contribution in [-0.4, -0.2) is 18.9 Å². The summed E-state index contributed by atoms with van der Waals surface area (Å²) in [6.07, 6.45) is 0. The van der Waals surface area contributed by atoms with Crippen molar-refractivity contribution < 1.29 is 26.3 Å². The van der Waals surface area contributed by atoms with Gasteiger partial charge in [0.2, 0.25) is 0 Å². The lowest BCUT2D eigenvalue weighted by Gasteiger charge is -2.14. The Morgan fingerprint density at radius 3 is 2.41 bits per heavy atom. The molecule has 1 aromatic heterocycles. The maximum atomic E-state index is 12.6. The first-order chi connectivity index (χ1) is 12.8. The molecule has 1 N–H and O–H groups in total. The zero-order valence-corrected chi connectivity index (χ0v) is 15.2. The monoisotopic (exact) mass is 414 g/mol. The second-order valence-corrected chi connectivity index (χ2v) is 7.88. The van der Waals surface area contributed by atoms with Crippen molar-refractivity contribution >= 4 is 27.0 Å². The molecule has 0 saturated carbocycles. The van der Waals surface area contributed by atoms with Gasteiger partial charge in [0.25, 0.3) is 0 Å². The van der Waals surface area contributed by atoms with E-state index in [1.54, 1.807) is 5.38 Å². The molecule has 0 bridgehead atoms. The number of alkyl halides is 3. The Morgan fingerprint density at radius 1 is 1.04 bits per heavy atom. The van der Waals surface area contributed by atoms with Crippen LogP contribution in [0.1, 0.15) is 5.69 Å². The highest BCUT2D eigenvalue weighted by atomic mass is 32.2. The number of thiazole rings is 1. The molecule has 0 aliphatic rings. The van der Waals surface area contributed by atoms with E-state index >= 15 is 0 Å². The predicted molar refractivity (Wildman–Crippen MR) is 96.9 cm³/mol. The van der Waals surface area contributed by atoms with Crippen LogP contribution in [0.15, 0.2) is 60.0 Å². The second kappa shape index (κ2) is 7.57. The molecule has 142 valence electrons. The van der Waals surface area contributed by atoms with E-state index in [0.29, 0.717) is 5.69 Å². The summed E-state index contributed by atoms with van der Waals surface area (Å²) in [6, 6.07) is 15.0. The van der Waals surface area contributed by atoms with Gasteiger partial charge >= 0.3 is 15.5 Å². The standard InChI is InChI=1S/C17H13F3N2O3S2/c18-17(19,20)27(23,24)22-14-8-4-5-9-15(14)25-10-13-11-26-16(21-13)12-6-2-1-3-7-12/h1-9,11,22H,10H2. The molecule has 0 saturated heterocycles. The van der Waals surface area contributed by atoms with Gasteiger partial charge < -0.3 is 4.74 Å². The molecular weight excluding hydrogens is 401 g/mol. The van der Waals surface area contributed by atoms with Crippen LogP contribution in [0.25, 0.3) is 10.6 Å². The van der Waals surface area contributed by atoms with Gasteiger partial charge in [-0.05, 0) is 12.1 Å². The third-order valence-corrected chi connectivity index (χ3v) is 5.42. The van der Waals surface area contributed by atoms with Crippen molar-refractivity contribution in [2.75, 3.05) is 4.72 Å². The summed E-state index contributed by atoms with van der Waals surface area (Å²) in [5, 5.41) is 2.55. The molecule has 0 atom stereocenters. The van der Waals surface area contributed by atoms with E-state index in [0.717, 1.165) is 10.6 Å². The van der Waals surface area contributed by atoms with Crippen LogP contribution in [0.3, 0.4) is 0 Å². The zero-order chi connectivity index (χ0) is 19.5. The number of halogens is 3. The van der Waals surface area contributed by atoms with E-state index in [4.69, 9.17) is 4.74 Å². The molecule has 2 aromatic carbocycles. The summed E-state index contributed by atoms with van der Waals surface area (Å²) in [7, 11) is -5.53. The lowest BCUT2D eigenvalue weighted by molar-refractivity contribution is -0.0429. The topological polar surface area (TPSA) is 68.3 Å². The quantitative estimate of drug-likeness (QED) is 0.638. The van der Waals surface area contributed by atoms with Gasteiger partial charge in [0.15, 0.2) is 0 Å². The lowest BCUT2D eigenvalue weighted by Crippen LogP contribution is -2.30. The van der Waals surface area contributed by atoms with Crippen molar-refractivity contribution in [3.05, 3.63) is 65.7 Å². The normalized spacial score (nSPS) is 12.0. The Morgan fingerprint density at radius 2 is 1.70 bits per heavy atom. The molecule has 10 heteroatoms. The highest BCUT2D eigenvalue weighted by molar-refractivity contribution is 7.93. The van der Waals surface area contributed by atoms with Crippen molar-refractivity contribution in [1.29, 1.82) is 0 Å². The molecule has 3 rings (SSSR count). The smallest absolute Gasteiger partial charge is 0.485 e. The van der Waals surface area contributed by atoms with Gasteiger partial charge in [-0.25, -0.2) is 4.98 Å². The molecule has 27 heavy (non-hydrogen) atoms. The van der Waals surface area contributed by atoms with Crippen LogP contribution in [-0.2, 0) is 16.6 Å². The first kappa shape index (κ1) is 19.2. The maximum Gasteiger partial charge on any atom is 0.516 e. The number of para-hydroxylation sites is 2. The van der Waals surface area contributed by atoms with Gasteiger partial charge in [-0.1, -0.05) is 42.5 Å². The van der Waals surface area contributed by atoms with Crippen molar-refractivity contribution in [2.24, 2.45) is 0 Å². The van der Waals surface area contributed by atoms with Crippen LogP contribution < -0.4 is 9.46 Å². The zero-order valence-electron chi connectivity index (χ0n) is 13.6. The lowest BCUT2D eigenvalue weighted by atomic mass is 10.2. The molecule has 0 aliphatic heterocycles. The van der Waals surface area contributed by atoms with Gasteiger partial charge in [-0.3, -0.25) is 4.72 Å². The number of hydrogen-bond acceptors (Lipinski definition) is 5. The molecule has 0 radical (unpaired) electrons. The highest BCUT2D eigenvalue weighted by Crippen LogP contribution is 2.31. The summed E-state index contributed by atoms with van der Waals surface area (Å²) in [4.78, 5) is 4.41. The van der Waals surface area contributed by atoms with Crippen molar-refractivity contribution in [2.45, 2.75) is 12.1 Å². The number of aromatic nitrogens is 1. The molecule has 0 spiro atoms. The van der Waals surface area contributed by atoms with Crippen LogP contribution in [0.2, 0.25) is 0 Å². The Kier molecular flexibility index (Phi) is 5.38. The molecule has 0 amide bonds. The average molecular weight is 414 g/mol. The molecule has 0 fully saturated rings. The minimum absolute atomic E-state index is 0.0197. The van der Waals surface area contributed by atoms with Crippen molar-refractivity contribution in [3.8, 4) is 16.3 Å². The minimum atomic E-state index is -5.53. The number of nitrogens with zero attached hydrogens (tertiary/aromatic N) is 1. The maximum absolute atomic E-state index is 12.6. The number of ether oxygens (including phenoxy) is 1. The number of sulfonamides is 1. The third kappa shape index (κ3) is 4.58. The SMILES string of the molecule is O=S(=O)(Nc1ccccc1OCc1csc(-c2ccccc2)n1)C(F)(F)F. The predicted octanol–water partition coefficient (Wildman–Crippen LogP) is 4.65. The Labute approximate surface area is 157 Å². The summed E-state index contributed by atoms with van der Waals surface area (Å²) in [5.41, 5.74) is -4.20. The average Bonchev–Trinajstić information content (AvgIpc) is 3.09. The van der Waals surface area contributed by atoms with E-state index in [2.05, 4.69) is 4.98 Å². The Bertz CT molecular complexity index is 1020. The van der Waals surface area contributed by atoms with Crippen molar-refractivity contribution in [1.82, 2.24) is 4.98 Å². The van der Waals surface area contributed by atoms with Crippen LogP contribution in [0, 0.1) is 0 Å². The number of rotatable bonds is 6. The van der Waals surface area contributed by atoms with E-state index < -0.39 is 15.5 Å². The summed E-state index contributed by atoms with van der Waals surface area (Å²) in [6.45, 7) is -0.0197. The van der Waals surface area contributed by atoms with Gasteiger partial charge in [0.1, 0.15) is 17.4 Å². The highest BCUT2D eigenvalue weighted by Gasteiger charge is 2.46. The van der Waals surface area contributed by atoms with E-state index in [1.165, 1.54) is 40.3 Å². The summed E-state index contributed by atoms with van der Waals surface area (Å²) < 4.78 is 67.3. The molecular formula is C17H13F3N2O3S2. The fourth-order valence-corrected chi connectivity index (χ4v) is 3.50. The van der Waals surface area contributed by atoms with Crippen LogP contribution in [0.5, 0.6) is 5.75 Å². The number of nitrogens with one attached hydrogen (secondary N) is 1. The van der Waals surface area contributed by atoms with Crippen molar-refractivity contribution in [3.63, 3.8) is 0 Å². The summed E-state index contributed by atoms with van der Waals surface area (Å²) >= 11 is 1.40. The number of hydrogen-bond donors (Lipinski definition) is 1. The number of benzene rings is 2. The first-order valence-electron chi connectivity index (χ1n) is 7.57. The van der Waals surface area contributed by atoms with Crippen LogP contribution in [0.4, 0.5) is 18.9 Å². The minimum Gasteiger partial charge on any atom is -0.485 e. The van der Waals surface area contributed by atoms with E-state index in [9.17, 15) is 21.6 Å². The van der Waals surface area contributed by atoms with E-state index in [-0.39, 0.29) is 18.0 Å². The van der Waals surface area contributed by atoms with Gasteiger partial charge in [0, 0.05) is 10.9 Å². The third-order valence-electron chi connectivity index (χ3n) is 3.38. The molecule has 0 aliphatic carbocycles. The van der Waals surface area contributed by atoms with Gasteiger partial charge in [-0.15, -0.1) is 11.3 Å². The second-order valence-electron chi connectivity index (χ2n) is 5.35. The number of anilines is 1. The van der Waals surface area contributed by atoms with Crippen LogP contribution >= 0.6 is 11.3 Å². The van der Waals surface area contributed by atoms with Gasteiger partial charge in [-0.2, -0.15) is 21.6 Å². The van der Waals surface area contributed by atoms with E-state index in [1.807, 2.05) is 30.3 Å². The molecule has 5 nitrogen and oxygen atoms in total. The largest absolute Gasteiger partial charge is 0.516 e. The first-order valence-corrected chi connectivity index (χ1v) is 9.93. The Balaban J connectivity index is 1.73. The molecule has 0 unspecified atom stereocenters. The summed E-state index contributed by atoms with van der Waals surface area (Å²) in [5.74, 6) is -0.0282. The molecule has 1 heterocycles. The Hall–Kier alpha value is -2.59. The van der Waals surface area contributed by atoms with Gasteiger partial charge in [0.05, 0.1) is 11.4 Å². The molecule has 3 aromatic rings. The fraction of sp³-hybridized carbons (Fsp3) is 0.118. The fourth-order valence-electron chi connectivity index (χ4n) is 2.12.